The molecular weight excluding hydrogens is 280 g/mol. The second-order valence-corrected chi connectivity index (χ2v) is 5.18. The number of hydrogen-bond donors (Lipinski definition) is 3. The summed E-state index contributed by atoms with van der Waals surface area (Å²) in [6.07, 6.45) is 0. The van der Waals surface area contributed by atoms with Gasteiger partial charge >= 0.3 is 0 Å². The summed E-state index contributed by atoms with van der Waals surface area (Å²) >= 11 is 0. The molecule has 0 radical (unpaired) electrons. The summed E-state index contributed by atoms with van der Waals surface area (Å²) in [6.45, 7) is 3.70. The fraction of sp³-hybridized carbons (Fsp3) is 0.429. The van der Waals surface area contributed by atoms with Crippen LogP contribution < -0.4 is 15.5 Å². The molecule has 0 saturated heterocycles. The quantitative estimate of drug-likeness (QED) is 0.689. The number of likely N-dealkylation sites (N-methyl/N-ethyl adjacent to an activating group) is 1. The van der Waals surface area contributed by atoms with E-state index in [9.17, 15) is 18.4 Å². The number of carbonyl (C=O) groups is 2. The summed E-state index contributed by atoms with van der Waals surface area (Å²) in [4.78, 5) is 23.9. The summed E-state index contributed by atoms with van der Waals surface area (Å²) < 4.78 is 26.8. The van der Waals surface area contributed by atoms with Crippen LogP contribution in [0.25, 0.3) is 0 Å². The summed E-state index contributed by atoms with van der Waals surface area (Å²) in [5, 5.41) is 4.89. The molecule has 2 amide bonds. The van der Waals surface area contributed by atoms with Crippen molar-refractivity contribution in [2.75, 3.05) is 25.5 Å². The van der Waals surface area contributed by atoms with E-state index in [1.165, 1.54) is 6.07 Å². The number of rotatable bonds is 6. The van der Waals surface area contributed by atoms with E-state index in [1.54, 1.807) is 7.05 Å². The maximum Gasteiger partial charge on any atom is 0.279 e. The highest BCUT2D eigenvalue weighted by Gasteiger charge is 2.17. The number of halogens is 2. The predicted octanol–water partition coefficient (Wildman–Crippen LogP) is -0.0574. The second-order valence-electron chi connectivity index (χ2n) is 5.18. The molecule has 3 N–H and O–H groups in total. The first-order chi connectivity index (χ1) is 9.79. The average molecular weight is 300 g/mol. The van der Waals surface area contributed by atoms with Gasteiger partial charge in [-0.25, -0.2) is 8.78 Å². The van der Waals surface area contributed by atoms with Crippen molar-refractivity contribution in [2.45, 2.75) is 19.9 Å². The van der Waals surface area contributed by atoms with E-state index in [0.29, 0.717) is 4.90 Å². The first-order valence-electron chi connectivity index (χ1n) is 6.64. The predicted molar refractivity (Wildman–Crippen MR) is 74.9 cm³/mol. The van der Waals surface area contributed by atoms with Gasteiger partial charge in [0.2, 0.25) is 0 Å². The molecule has 0 aliphatic carbocycles. The molecule has 0 saturated carbocycles. The van der Waals surface area contributed by atoms with Gasteiger partial charge in [-0.1, -0.05) is 6.07 Å². The molecule has 21 heavy (non-hydrogen) atoms. The van der Waals surface area contributed by atoms with Crippen molar-refractivity contribution in [1.82, 2.24) is 5.32 Å². The van der Waals surface area contributed by atoms with Gasteiger partial charge in [-0.15, -0.1) is 0 Å². The van der Waals surface area contributed by atoms with Crippen molar-refractivity contribution >= 4 is 17.5 Å². The summed E-state index contributed by atoms with van der Waals surface area (Å²) in [6, 6.07) is 3.36. The van der Waals surface area contributed by atoms with Crippen LogP contribution in [0.5, 0.6) is 0 Å². The van der Waals surface area contributed by atoms with E-state index in [0.717, 1.165) is 12.1 Å². The van der Waals surface area contributed by atoms with Gasteiger partial charge in [0.05, 0.1) is 7.05 Å². The molecule has 5 nitrogen and oxygen atoms in total. The van der Waals surface area contributed by atoms with Gasteiger partial charge in [0.25, 0.3) is 11.8 Å². The molecule has 0 fully saturated rings. The van der Waals surface area contributed by atoms with E-state index in [1.807, 2.05) is 13.8 Å². The maximum atomic E-state index is 13.4. The zero-order valence-corrected chi connectivity index (χ0v) is 12.3. The lowest BCUT2D eigenvalue weighted by atomic mass is 10.3. The number of para-hydroxylation sites is 1. The first-order valence-corrected chi connectivity index (χ1v) is 6.64. The zero-order valence-electron chi connectivity index (χ0n) is 12.3. The Balaban J connectivity index is 2.52. The monoisotopic (exact) mass is 300 g/mol. The van der Waals surface area contributed by atoms with Gasteiger partial charge in [-0.05, 0) is 26.0 Å². The van der Waals surface area contributed by atoms with Crippen molar-refractivity contribution < 1.29 is 23.3 Å². The van der Waals surface area contributed by atoms with Crippen LogP contribution in [-0.2, 0) is 9.59 Å². The lowest BCUT2D eigenvalue weighted by molar-refractivity contribution is -0.862. The van der Waals surface area contributed by atoms with Crippen LogP contribution >= 0.6 is 0 Å². The van der Waals surface area contributed by atoms with Gasteiger partial charge in [-0.3, -0.25) is 9.59 Å². The Morgan fingerprint density at radius 3 is 2.19 bits per heavy atom. The van der Waals surface area contributed by atoms with Crippen LogP contribution in [0.15, 0.2) is 18.2 Å². The number of anilines is 1. The molecule has 1 aromatic rings. The molecule has 0 aliphatic rings. The van der Waals surface area contributed by atoms with Gasteiger partial charge < -0.3 is 15.5 Å². The number of benzene rings is 1. The summed E-state index contributed by atoms with van der Waals surface area (Å²) in [5.74, 6) is -2.42. The highest BCUT2D eigenvalue weighted by atomic mass is 19.1. The van der Waals surface area contributed by atoms with Gasteiger partial charge in [-0.2, -0.15) is 0 Å². The van der Waals surface area contributed by atoms with Crippen LogP contribution in [0.3, 0.4) is 0 Å². The molecule has 7 heteroatoms. The molecule has 0 aliphatic heterocycles. The molecular formula is C14H20F2N3O2+. The van der Waals surface area contributed by atoms with Crippen LogP contribution in [0.1, 0.15) is 13.8 Å². The number of nitrogens with one attached hydrogen (secondary N) is 3. The Hall–Kier alpha value is -2.02. The Bertz CT molecular complexity index is 501. The molecule has 1 rings (SSSR count). The molecule has 0 bridgehead atoms. The third kappa shape index (κ3) is 5.86. The summed E-state index contributed by atoms with van der Waals surface area (Å²) in [7, 11) is 1.65. The first kappa shape index (κ1) is 17.0. The van der Waals surface area contributed by atoms with Crippen molar-refractivity contribution in [1.29, 1.82) is 0 Å². The Labute approximate surface area is 122 Å². The molecule has 116 valence electrons. The topological polar surface area (TPSA) is 62.6 Å². The number of quaternary nitrogens is 1. The van der Waals surface area contributed by atoms with E-state index >= 15 is 0 Å². The normalized spacial score (nSPS) is 12.1. The number of hydrogen-bond acceptors (Lipinski definition) is 2. The van der Waals surface area contributed by atoms with E-state index in [2.05, 4.69) is 10.6 Å². The van der Waals surface area contributed by atoms with Crippen molar-refractivity contribution in [3.05, 3.63) is 29.8 Å². The smallest absolute Gasteiger partial charge is 0.279 e. The summed E-state index contributed by atoms with van der Waals surface area (Å²) in [5.41, 5.74) is -0.470. The molecule has 1 unspecified atom stereocenters. The van der Waals surface area contributed by atoms with Crippen LogP contribution in [-0.4, -0.2) is 38.0 Å². The molecule has 1 atom stereocenters. The minimum absolute atomic E-state index is 0.0200. The largest absolute Gasteiger partial charge is 0.349 e. The van der Waals surface area contributed by atoms with Crippen molar-refractivity contribution in [3.8, 4) is 0 Å². The number of carbonyl (C=O) groups excluding carboxylic acids is 2. The van der Waals surface area contributed by atoms with Gasteiger partial charge in [0.1, 0.15) is 17.3 Å². The lowest BCUT2D eigenvalue weighted by Gasteiger charge is -2.15. The van der Waals surface area contributed by atoms with Crippen LogP contribution in [0, 0.1) is 11.6 Å². The van der Waals surface area contributed by atoms with Crippen LogP contribution in [0.2, 0.25) is 0 Å². The highest BCUT2D eigenvalue weighted by Crippen LogP contribution is 2.17. The van der Waals surface area contributed by atoms with E-state index < -0.39 is 23.2 Å². The van der Waals surface area contributed by atoms with E-state index in [4.69, 9.17) is 0 Å². The third-order valence-corrected chi connectivity index (χ3v) is 2.60. The zero-order chi connectivity index (χ0) is 16.0. The fourth-order valence-corrected chi connectivity index (χ4v) is 1.78. The maximum absolute atomic E-state index is 13.4. The van der Waals surface area contributed by atoms with Crippen molar-refractivity contribution in [2.24, 2.45) is 0 Å². The fourth-order valence-electron chi connectivity index (χ4n) is 1.78. The minimum atomic E-state index is -0.835. The Morgan fingerprint density at radius 2 is 1.67 bits per heavy atom. The van der Waals surface area contributed by atoms with Gasteiger partial charge in [0, 0.05) is 6.04 Å². The minimum Gasteiger partial charge on any atom is -0.349 e. The van der Waals surface area contributed by atoms with Crippen molar-refractivity contribution in [3.63, 3.8) is 0 Å². The number of amides is 2. The molecule has 0 spiro atoms. The molecule has 0 heterocycles. The lowest BCUT2D eigenvalue weighted by Crippen LogP contribution is -3.11. The standard InChI is InChI=1S/C14H19F2N3O2/c1-9(2)17-12(20)7-19(3)8-13(21)18-14-10(15)5-4-6-11(14)16/h4-6,9H,7-8H2,1-3H3,(H,17,20)(H,18,21)/p+1. The molecule has 0 aromatic heterocycles. The highest BCUT2D eigenvalue weighted by molar-refractivity contribution is 5.91. The third-order valence-electron chi connectivity index (χ3n) is 2.60. The van der Waals surface area contributed by atoms with Gasteiger partial charge in [0.15, 0.2) is 13.1 Å². The van der Waals surface area contributed by atoms with Crippen LogP contribution in [0.4, 0.5) is 14.5 Å². The van der Waals surface area contributed by atoms with E-state index in [-0.39, 0.29) is 25.0 Å². The Kier molecular flexibility index (Phi) is 6.23. The average Bonchev–Trinajstić information content (AvgIpc) is 2.32. The SMILES string of the molecule is CC(C)NC(=O)C[NH+](C)CC(=O)Nc1c(F)cccc1F. The second kappa shape index (κ2) is 7.68. The molecule has 1 aromatic carbocycles. The Morgan fingerprint density at radius 1 is 1.14 bits per heavy atom.